The van der Waals surface area contributed by atoms with Gasteiger partial charge < -0.3 is 15.9 Å². The van der Waals surface area contributed by atoms with Crippen molar-refractivity contribution in [3.8, 4) is 0 Å². The first kappa shape index (κ1) is 11.6. The van der Waals surface area contributed by atoms with E-state index in [9.17, 15) is 4.79 Å². The average molecular weight is 225 g/mol. The largest absolute Gasteiger partial charge is 0.368 e. The second-order valence-corrected chi connectivity index (χ2v) is 4.34. The van der Waals surface area contributed by atoms with Crippen molar-refractivity contribution in [3.63, 3.8) is 0 Å². The van der Waals surface area contributed by atoms with Gasteiger partial charge in [0.15, 0.2) is 0 Å². The van der Waals surface area contributed by atoms with Gasteiger partial charge >= 0.3 is 0 Å². The molecule has 1 heterocycles. The maximum absolute atomic E-state index is 11.3. The third kappa shape index (κ3) is 2.61. The van der Waals surface area contributed by atoms with Crippen LogP contribution in [0.2, 0.25) is 0 Å². The Hall–Kier alpha value is -0.910. The summed E-state index contributed by atoms with van der Waals surface area (Å²) in [5, 5.41) is 3.16. The van der Waals surface area contributed by atoms with Gasteiger partial charge in [-0.25, -0.2) is 0 Å². The lowest BCUT2D eigenvalue weighted by Gasteiger charge is -2.28. The van der Waals surface area contributed by atoms with E-state index in [-0.39, 0.29) is 18.0 Å². The van der Waals surface area contributed by atoms with Gasteiger partial charge in [-0.3, -0.25) is 4.79 Å². The van der Waals surface area contributed by atoms with E-state index < -0.39 is 0 Å². The van der Waals surface area contributed by atoms with E-state index in [0.717, 1.165) is 5.57 Å². The number of hydrogen-bond acceptors (Lipinski definition) is 4. The Balaban J connectivity index is 2.03. The number of hydroxylamine groups is 1. The van der Waals surface area contributed by atoms with E-state index in [2.05, 4.69) is 16.9 Å². The van der Waals surface area contributed by atoms with Crippen LogP contribution in [-0.2, 0) is 9.63 Å². The first-order valence-electron chi connectivity index (χ1n) is 5.84. The Bertz CT molecular complexity index is 300. The fourth-order valence-electron chi connectivity index (χ4n) is 2.07. The van der Waals surface area contributed by atoms with Crippen LogP contribution in [0.5, 0.6) is 0 Å². The molecule has 16 heavy (non-hydrogen) atoms. The molecule has 1 fully saturated rings. The average Bonchev–Trinajstić information content (AvgIpc) is 3.09. The fourth-order valence-corrected chi connectivity index (χ4v) is 2.07. The lowest BCUT2D eigenvalue weighted by atomic mass is 9.95. The van der Waals surface area contributed by atoms with Crippen molar-refractivity contribution >= 4 is 5.91 Å². The second kappa shape index (κ2) is 4.95. The number of carbonyl (C=O) groups excluding carboxylic acids is 1. The van der Waals surface area contributed by atoms with Gasteiger partial charge in [0, 0.05) is 6.54 Å². The molecule has 0 saturated heterocycles. The summed E-state index contributed by atoms with van der Waals surface area (Å²) < 4.78 is 0. The van der Waals surface area contributed by atoms with Crippen LogP contribution in [0.15, 0.2) is 11.6 Å². The van der Waals surface area contributed by atoms with Gasteiger partial charge in [0.05, 0.1) is 12.6 Å². The zero-order valence-electron chi connectivity index (χ0n) is 9.53. The van der Waals surface area contributed by atoms with Crippen molar-refractivity contribution in [2.75, 3.05) is 13.2 Å². The predicted molar refractivity (Wildman–Crippen MR) is 60.3 cm³/mol. The van der Waals surface area contributed by atoms with Crippen molar-refractivity contribution in [3.05, 3.63) is 11.6 Å². The van der Waals surface area contributed by atoms with Gasteiger partial charge in [0.1, 0.15) is 6.04 Å². The Morgan fingerprint density at radius 2 is 2.44 bits per heavy atom. The highest BCUT2D eigenvalue weighted by atomic mass is 16.6. The highest BCUT2D eigenvalue weighted by Gasteiger charge is 2.36. The molecule has 2 rings (SSSR count). The molecule has 4 N–H and O–H groups in total. The highest BCUT2D eigenvalue weighted by molar-refractivity contribution is 5.83. The summed E-state index contributed by atoms with van der Waals surface area (Å²) >= 11 is 0. The molecule has 0 bridgehead atoms. The van der Waals surface area contributed by atoms with Crippen LogP contribution in [0, 0.1) is 5.92 Å². The number of primary amides is 1. The van der Waals surface area contributed by atoms with Gasteiger partial charge in [-0.15, -0.1) is 0 Å². The molecular formula is C11H19N3O2. The van der Waals surface area contributed by atoms with E-state index in [1.165, 1.54) is 12.8 Å². The maximum Gasteiger partial charge on any atom is 0.238 e. The molecule has 5 nitrogen and oxygen atoms in total. The van der Waals surface area contributed by atoms with Crippen LogP contribution in [0.3, 0.4) is 0 Å². The van der Waals surface area contributed by atoms with Crippen LogP contribution in [0.4, 0.5) is 0 Å². The van der Waals surface area contributed by atoms with Crippen molar-refractivity contribution in [2.24, 2.45) is 11.7 Å². The van der Waals surface area contributed by atoms with Gasteiger partial charge in [0.25, 0.3) is 0 Å². The van der Waals surface area contributed by atoms with Crippen LogP contribution in [0.1, 0.15) is 19.8 Å². The minimum atomic E-state index is -0.285. The third-order valence-electron chi connectivity index (χ3n) is 2.98. The summed E-state index contributed by atoms with van der Waals surface area (Å²) in [6.07, 6.45) is 4.43. The van der Waals surface area contributed by atoms with Crippen LogP contribution in [-0.4, -0.2) is 31.1 Å². The molecule has 0 spiro atoms. The number of nitrogens with two attached hydrogens (primary N) is 1. The molecule has 1 saturated carbocycles. The van der Waals surface area contributed by atoms with Crippen molar-refractivity contribution in [1.29, 1.82) is 0 Å². The fraction of sp³-hybridized carbons (Fsp3) is 0.727. The predicted octanol–water partition coefficient (Wildman–Crippen LogP) is -0.310. The summed E-state index contributed by atoms with van der Waals surface area (Å²) in [5.41, 5.74) is 9.46. The molecule has 1 amide bonds. The molecule has 0 aromatic rings. The smallest absolute Gasteiger partial charge is 0.238 e. The van der Waals surface area contributed by atoms with Crippen molar-refractivity contribution in [1.82, 2.24) is 10.8 Å². The lowest BCUT2D eigenvalue weighted by Crippen LogP contribution is -2.52. The zero-order chi connectivity index (χ0) is 11.5. The normalized spacial score (nSPS) is 29.9. The third-order valence-corrected chi connectivity index (χ3v) is 2.98. The number of hydrogen-bond donors (Lipinski definition) is 3. The Morgan fingerprint density at radius 3 is 3.00 bits per heavy atom. The molecule has 90 valence electrons. The van der Waals surface area contributed by atoms with Gasteiger partial charge in [-0.1, -0.05) is 6.08 Å². The molecule has 1 aliphatic heterocycles. The van der Waals surface area contributed by atoms with E-state index in [1.54, 1.807) is 0 Å². The number of nitrogens with one attached hydrogen (secondary N) is 2. The van der Waals surface area contributed by atoms with Gasteiger partial charge in [0.2, 0.25) is 5.91 Å². The molecule has 1 aliphatic carbocycles. The summed E-state index contributed by atoms with van der Waals surface area (Å²) in [6.45, 7) is 3.23. The van der Waals surface area contributed by atoms with E-state index >= 15 is 0 Å². The molecule has 5 heteroatoms. The highest BCUT2D eigenvalue weighted by Crippen LogP contribution is 2.39. The standard InChI is InChI=1S/C11H19N3O2/c1-2-16-14-8-5-9(7-3-4-7)10(11(12)15)13-6-8/h5,7-8,10,13-14H,2-4,6H2,1H3,(H2,12,15)/t8-,10?/m1/s1. The van der Waals surface area contributed by atoms with Crippen molar-refractivity contribution < 1.29 is 9.63 Å². The Kier molecular flexibility index (Phi) is 3.58. The van der Waals surface area contributed by atoms with E-state index in [1.807, 2.05) is 6.92 Å². The minimum Gasteiger partial charge on any atom is -0.368 e. The number of amides is 1. The maximum atomic E-state index is 11.3. The minimum absolute atomic E-state index is 0.131. The summed E-state index contributed by atoms with van der Waals surface area (Å²) in [4.78, 5) is 16.5. The summed E-state index contributed by atoms with van der Waals surface area (Å²) in [6, 6.07) is -0.154. The van der Waals surface area contributed by atoms with E-state index in [0.29, 0.717) is 19.1 Å². The summed E-state index contributed by atoms with van der Waals surface area (Å²) in [5.74, 6) is 0.254. The quantitative estimate of drug-likeness (QED) is 0.443. The lowest BCUT2D eigenvalue weighted by molar-refractivity contribution is -0.119. The van der Waals surface area contributed by atoms with Gasteiger partial charge in [-0.2, -0.15) is 5.48 Å². The number of rotatable bonds is 5. The van der Waals surface area contributed by atoms with Crippen LogP contribution < -0.4 is 16.5 Å². The Morgan fingerprint density at radius 1 is 1.69 bits per heavy atom. The van der Waals surface area contributed by atoms with Gasteiger partial charge in [-0.05, 0) is 31.3 Å². The molecule has 1 unspecified atom stereocenters. The first-order valence-corrected chi connectivity index (χ1v) is 5.84. The zero-order valence-corrected chi connectivity index (χ0v) is 9.53. The molecule has 0 radical (unpaired) electrons. The number of carbonyl (C=O) groups is 1. The monoisotopic (exact) mass is 225 g/mol. The molecule has 2 aliphatic rings. The van der Waals surface area contributed by atoms with Crippen LogP contribution >= 0.6 is 0 Å². The van der Waals surface area contributed by atoms with Crippen molar-refractivity contribution in [2.45, 2.75) is 31.8 Å². The second-order valence-electron chi connectivity index (χ2n) is 4.34. The first-order chi connectivity index (χ1) is 7.72. The topological polar surface area (TPSA) is 76.4 Å². The molecular weight excluding hydrogens is 206 g/mol. The molecule has 0 aromatic heterocycles. The molecule has 0 aromatic carbocycles. The molecule has 2 atom stereocenters. The summed E-state index contributed by atoms with van der Waals surface area (Å²) in [7, 11) is 0. The van der Waals surface area contributed by atoms with Crippen LogP contribution in [0.25, 0.3) is 0 Å². The van der Waals surface area contributed by atoms with E-state index in [4.69, 9.17) is 10.6 Å². The SMILES string of the molecule is CCON[C@@H]1C=C(C2CC2)C(C(N)=O)NC1. The Labute approximate surface area is 95.4 Å².